The molecule has 17 heavy (non-hydrogen) atoms. The predicted octanol–water partition coefficient (Wildman–Crippen LogP) is 1.55. The van der Waals surface area contributed by atoms with Crippen molar-refractivity contribution in [1.82, 2.24) is 10.6 Å². The molecule has 1 rings (SSSR count). The minimum atomic E-state index is -0.318. The van der Waals surface area contributed by atoms with E-state index in [-0.39, 0.29) is 5.60 Å². The Morgan fingerprint density at radius 2 is 1.94 bits per heavy atom. The van der Waals surface area contributed by atoms with E-state index in [9.17, 15) is 4.79 Å². The van der Waals surface area contributed by atoms with Gasteiger partial charge in [-0.05, 0) is 72.6 Å². The van der Waals surface area contributed by atoms with Crippen LogP contribution in [0.3, 0.4) is 0 Å². The lowest BCUT2D eigenvalue weighted by Crippen LogP contribution is -2.29. The second-order valence-corrected chi connectivity index (χ2v) is 5.41. The van der Waals surface area contributed by atoms with Crippen LogP contribution in [-0.4, -0.2) is 38.8 Å². The average Bonchev–Trinajstić information content (AvgIpc) is 2.27. The third-order valence-corrected chi connectivity index (χ3v) is 2.66. The van der Waals surface area contributed by atoms with Gasteiger partial charge in [-0.1, -0.05) is 0 Å². The molecule has 0 radical (unpaired) electrons. The first kappa shape index (κ1) is 16.4. The van der Waals surface area contributed by atoms with Gasteiger partial charge in [0.15, 0.2) is 0 Å². The first-order chi connectivity index (χ1) is 7.99. The van der Waals surface area contributed by atoms with Gasteiger partial charge in [-0.15, -0.1) is 0 Å². The molecule has 0 amide bonds. The molecule has 0 bridgehead atoms. The Morgan fingerprint density at radius 1 is 1.35 bits per heavy atom. The van der Waals surface area contributed by atoms with Crippen LogP contribution in [0.5, 0.6) is 0 Å². The maximum Gasteiger partial charge on any atom is 0.293 e. The molecular weight excluding hydrogens is 216 g/mol. The Morgan fingerprint density at radius 3 is 2.29 bits per heavy atom. The summed E-state index contributed by atoms with van der Waals surface area (Å²) in [6.07, 6.45) is 4.11. The van der Waals surface area contributed by atoms with E-state index in [0.29, 0.717) is 6.47 Å². The van der Waals surface area contributed by atoms with Crippen molar-refractivity contribution in [2.75, 3.05) is 26.7 Å². The van der Waals surface area contributed by atoms with Crippen LogP contribution in [0.4, 0.5) is 0 Å². The molecule has 0 aliphatic carbocycles. The minimum Gasteiger partial charge on any atom is -0.462 e. The highest BCUT2D eigenvalue weighted by Crippen LogP contribution is 2.14. The zero-order chi connectivity index (χ0) is 13.1. The van der Waals surface area contributed by atoms with Gasteiger partial charge >= 0.3 is 0 Å². The number of carbonyl (C=O) groups excluding carboxylic acids is 1. The molecule has 1 aliphatic heterocycles. The maximum absolute atomic E-state index is 9.60. The molecule has 0 aromatic heterocycles. The predicted molar refractivity (Wildman–Crippen MR) is 71.0 cm³/mol. The summed E-state index contributed by atoms with van der Waals surface area (Å²) in [5, 5.41) is 6.57. The van der Waals surface area contributed by atoms with E-state index in [2.05, 4.69) is 15.4 Å². The van der Waals surface area contributed by atoms with Crippen LogP contribution < -0.4 is 10.6 Å². The molecule has 0 atom stereocenters. The van der Waals surface area contributed by atoms with Crippen LogP contribution in [0.1, 0.15) is 40.0 Å². The van der Waals surface area contributed by atoms with E-state index >= 15 is 0 Å². The fourth-order valence-corrected chi connectivity index (χ4v) is 1.66. The first-order valence-corrected chi connectivity index (χ1v) is 6.46. The Kier molecular flexibility index (Phi) is 9.09. The summed E-state index contributed by atoms with van der Waals surface area (Å²) in [6.45, 7) is 9.57. The monoisotopic (exact) mass is 244 g/mol. The van der Waals surface area contributed by atoms with Gasteiger partial charge in [-0.3, -0.25) is 4.79 Å². The topological polar surface area (TPSA) is 50.4 Å². The van der Waals surface area contributed by atoms with Crippen molar-refractivity contribution in [3.05, 3.63) is 0 Å². The van der Waals surface area contributed by atoms with Gasteiger partial charge in [0, 0.05) is 0 Å². The van der Waals surface area contributed by atoms with Crippen LogP contribution >= 0.6 is 0 Å². The molecule has 1 heterocycles. The molecule has 2 N–H and O–H groups in total. The number of piperidine rings is 1. The lowest BCUT2D eigenvalue weighted by Gasteiger charge is -2.22. The van der Waals surface area contributed by atoms with Crippen LogP contribution in [0.25, 0.3) is 0 Å². The zero-order valence-electron chi connectivity index (χ0n) is 11.7. The summed E-state index contributed by atoms with van der Waals surface area (Å²) in [5.74, 6) is 0.980. The SMILES string of the molecule is CC(C)(C)OC=O.CNCCC1CCNCC1. The minimum absolute atomic E-state index is 0.318. The van der Waals surface area contributed by atoms with E-state index in [1.54, 1.807) is 0 Å². The lowest BCUT2D eigenvalue weighted by atomic mass is 9.95. The average molecular weight is 244 g/mol. The molecule has 1 aliphatic rings. The van der Waals surface area contributed by atoms with Crippen LogP contribution in [0, 0.1) is 5.92 Å². The van der Waals surface area contributed by atoms with E-state index in [4.69, 9.17) is 0 Å². The Hall–Kier alpha value is -0.610. The largest absolute Gasteiger partial charge is 0.462 e. The Labute approximate surface area is 105 Å². The second kappa shape index (κ2) is 9.42. The molecule has 0 aromatic rings. The number of ether oxygens (including phenoxy) is 1. The summed E-state index contributed by atoms with van der Waals surface area (Å²) < 4.78 is 4.55. The third kappa shape index (κ3) is 11.6. The fourth-order valence-electron chi connectivity index (χ4n) is 1.66. The fraction of sp³-hybridized carbons (Fsp3) is 0.923. The zero-order valence-corrected chi connectivity index (χ0v) is 11.7. The second-order valence-electron chi connectivity index (χ2n) is 5.41. The van der Waals surface area contributed by atoms with E-state index < -0.39 is 0 Å². The van der Waals surface area contributed by atoms with Crippen molar-refractivity contribution < 1.29 is 9.53 Å². The summed E-state index contributed by atoms with van der Waals surface area (Å²) in [4.78, 5) is 9.60. The quantitative estimate of drug-likeness (QED) is 0.737. The molecule has 0 spiro atoms. The van der Waals surface area contributed by atoms with E-state index in [1.165, 1.54) is 38.9 Å². The van der Waals surface area contributed by atoms with Crippen molar-refractivity contribution in [2.24, 2.45) is 5.92 Å². The smallest absolute Gasteiger partial charge is 0.293 e. The highest BCUT2D eigenvalue weighted by molar-refractivity contribution is 5.37. The van der Waals surface area contributed by atoms with Gasteiger partial charge in [0.2, 0.25) is 0 Å². The number of rotatable bonds is 4. The van der Waals surface area contributed by atoms with Crippen molar-refractivity contribution in [1.29, 1.82) is 0 Å². The standard InChI is InChI=1S/C8H18N2.C5H10O2/c1-9-5-2-8-3-6-10-7-4-8;1-5(2,3)7-4-6/h8-10H,2-7H2,1H3;4H,1-3H3. The molecule has 102 valence electrons. The molecular formula is C13H28N2O2. The van der Waals surface area contributed by atoms with Gasteiger partial charge in [-0.2, -0.15) is 0 Å². The van der Waals surface area contributed by atoms with Crippen LogP contribution in [0.2, 0.25) is 0 Å². The highest BCUT2D eigenvalue weighted by atomic mass is 16.5. The lowest BCUT2D eigenvalue weighted by molar-refractivity contribution is -0.138. The third-order valence-electron chi connectivity index (χ3n) is 2.66. The van der Waals surface area contributed by atoms with E-state index in [0.717, 1.165) is 5.92 Å². The summed E-state index contributed by atoms with van der Waals surface area (Å²) in [6, 6.07) is 0. The van der Waals surface area contributed by atoms with E-state index in [1.807, 2.05) is 27.8 Å². The van der Waals surface area contributed by atoms with Gasteiger partial charge in [0.1, 0.15) is 5.60 Å². The Bertz CT molecular complexity index is 184. The molecule has 1 fully saturated rings. The Balaban J connectivity index is 0.000000325. The number of carbonyl (C=O) groups is 1. The highest BCUT2D eigenvalue weighted by Gasteiger charge is 2.11. The van der Waals surface area contributed by atoms with Crippen LogP contribution in [-0.2, 0) is 9.53 Å². The summed E-state index contributed by atoms with van der Waals surface area (Å²) in [5.41, 5.74) is -0.318. The number of hydrogen-bond acceptors (Lipinski definition) is 4. The van der Waals surface area contributed by atoms with Crippen molar-refractivity contribution in [3.63, 3.8) is 0 Å². The molecule has 4 nitrogen and oxygen atoms in total. The number of nitrogens with one attached hydrogen (secondary N) is 2. The normalized spacial score (nSPS) is 16.9. The van der Waals surface area contributed by atoms with Gasteiger partial charge in [-0.25, -0.2) is 0 Å². The van der Waals surface area contributed by atoms with Gasteiger partial charge < -0.3 is 15.4 Å². The maximum atomic E-state index is 9.60. The molecule has 1 saturated heterocycles. The van der Waals surface area contributed by atoms with Gasteiger partial charge in [0.25, 0.3) is 6.47 Å². The van der Waals surface area contributed by atoms with Crippen molar-refractivity contribution in [2.45, 2.75) is 45.6 Å². The molecule has 4 heteroatoms. The summed E-state index contributed by atoms with van der Waals surface area (Å²) >= 11 is 0. The molecule has 0 unspecified atom stereocenters. The molecule has 0 saturated carbocycles. The van der Waals surface area contributed by atoms with Crippen molar-refractivity contribution >= 4 is 6.47 Å². The van der Waals surface area contributed by atoms with Crippen molar-refractivity contribution in [3.8, 4) is 0 Å². The first-order valence-electron chi connectivity index (χ1n) is 6.46. The molecule has 0 aromatic carbocycles. The van der Waals surface area contributed by atoms with Crippen LogP contribution in [0.15, 0.2) is 0 Å². The van der Waals surface area contributed by atoms with Gasteiger partial charge in [0.05, 0.1) is 0 Å². The summed E-state index contributed by atoms with van der Waals surface area (Å²) in [7, 11) is 2.03. The number of hydrogen-bond donors (Lipinski definition) is 2.